The molecule has 23 heavy (non-hydrogen) atoms. The second-order valence-corrected chi connectivity index (χ2v) is 4.27. The number of hydrogen-bond acceptors (Lipinski definition) is 5. The topological polar surface area (TPSA) is 95.1 Å². The minimum absolute atomic E-state index is 0.177. The van der Waals surface area contributed by atoms with Crippen molar-refractivity contribution in [2.24, 2.45) is 0 Å². The number of alkyl halides is 6. The number of rotatable bonds is 1. The van der Waals surface area contributed by atoms with Crippen LogP contribution in [0, 0.1) is 0 Å². The predicted octanol–water partition coefficient (Wildman–Crippen LogP) is 2.12. The maximum atomic E-state index is 13.0. The van der Waals surface area contributed by atoms with Crippen LogP contribution in [-0.4, -0.2) is 15.2 Å². The van der Waals surface area contributed by atoms with Gasteiger partial charge in [0.25, 0.3) is 11.1 Å². The Hall–Kier alpha value is -2.63. The van der Waals surface area contributed by atoms with Gasteiger partial charge >= 0.3 is 12.4 Å². The van der Waals surface area contributed by atoms with E-state index in [1.165, 1.54) is 5.48 Å². The molecule has 0 aliphatic carbocycles. The Morgan fingerprint density at radius 3 is 2.13 bits per heavy atom. The molecule has 0 radical (unpaired) electrons. The molecule has 0 amide bonds. The second-order valence-electron chi connectivity index (χ2n) is 4.27. The molecular formula is C11H5F6N3O3. The molecular weight excluding hydrogens is 336 g/mol. The molecule has 0 bridgehead atoms. The number of nitrogens with zero attached hydrogens (tertiary/aromatic N) is 1. The van der Waals surface area contributed by atoms with Crippen molar-refractivity contribution in [3.05, 3.63) is 44.0 Å². The van der Waals surface area contributed by atoms with Crippen LogP contribution in [0.15, 0.2) is 21.7 Å². The zero-order valence-electron chi connectivity index (χ0n) is 10.6. The summed E-state index contributed by atoms with van der Waals surface area (Å²) in [6.45, 7) is 0. The number of aromatic nitrogens is 2. The van der Waals surface area contributed by atoms with E-state index in [-0.39, 0.29) is 12.1 Å². The SMILES string of the molecule is O=c1[nH]c2cc(C(F)(F)F)cc(C(F)(F)F)c2c(=O)nc1NO. The van der Waals surface area contributed by atoms with Crippen LogP contribution in [0.4, 0.5) is 32.2 Å². The summed E-state index contributed by atoms with van der Waals surface area (Å²) >= 11 is 0. The van der Waals surface area contributed by atoms with Crippen LogP contribution >= 0.6 is 0 Å². The normalized spacial score (nSPS) is 12.5. The van der Waals surface area contributed by atoms with Gasteiger partial charge in [0, 0.05) is 0 Å². The van der Waals surface area contributed by atoms with Crippen LogP contribution in [0.3, 0.4) is 0 Å². The largest absolute Gasteiger partial charge is 0.417 e. The van der Waals surface area contributed by atoms with Crippen molar-refractivity contribution in [1.82, 2.24) is 9.97 Å². The quantitative estimate of drug-likeness (QED) is 0.546. The first kappa shape index (κ1) is 16.7. The fraction of sp³-hybridized carbons (Fsp3) is 0.182. The molecule has 1 aromatic heterocycles. The zero-order chi connectivity index (χ0) is 17.6. The standard InChI is InChI=1S/C11H5F6N3O3/c12-10(13,14)3-1-4(11(15,16)17)6-5(2-3)18-9(22)7(20-23)19-8(6)21/h1-2,23H,(H2,18,19,20,21,22). The van der Waals surface area contributed by atoms with E-state index in [2.05, 4.69) is 4.98 Å². The summed E-state index contributed by atoms with van der Waals surface area (Å²) in [6, 6.07) is -0.0774. The molecule has 2 aromatic rings. The van der Waals surface area contributed by atoms with Crippen LogP contribution in [-0.2, 0) is 12.4 Å². The first-order chi connectivity index (χ1) is 10.4. The lowest BCUT2D eigenvalue weighted by Crippen LogP contribution is -2.16. The van der Waals surface area contributed by atoms with E-state index in [0.717, 1.165) is 0 Å². The van der Waals surface area contributed by atoms with E-state index in [1.54, 1.807) is 4.98 Å². The fourth-order valence-electron chi connectivity index (χ4n) is 1.82. The molecule has 0 unspecified atom stereocenters. The van der Waals surface area contributed by atoms with E-state index in [4.69, 9.17) is 5.21 Å². The van der Waals surface area contributed by atoms with Crippen molar-refractivity contribution in [3.63, 3.8) is 0 Å². The minimum Gasteiger partial charge on any atom is -0.318 e. The smallest absolute Gasteiger partial charge is 0.318 e. The molecule has 6 nitrogen and oxygen atoms in total. The summed E-state index contributed by atoms with van der Waals surface area (Å²) in [4.78, 5) is 27.8. The van der Waals surface area contributed by atoms with E-state index >= 15 is 0 Å². The average molecular weight is 341 g/mol. The Kier molecular flexibility index (Phi) is 3.80. The van der Waals surface area contributed by atoms with Gasteiger partial charge in [-0.2, -0.15) is 31.3 Å². The van der Waals surface area contributed by atoms with Gasteiger partial charge in [0.2, 0.25) is 5.82 Å². The first-order valence-electron chi connectivity index (χ1n) is 5.62. The molecule has 0 saturated carbocycles. The van der Waals surface area contributed by atoms with E-state index in [9.17, 15) is 35.9 Å². The predicted molar refractivity (Wildman–Crippen MR) is 64.0 cm³/mol. The number of nitrogens with one attached hydrogen (secondary N) is 2. The third kappa shape index (κ3) is 3.11. The molecule has 0 fully saturated rings. The van der Waals surface area contributed by atoms with E-state index < -0.39 is 51.3 Å². The van der Waals surface area contributed by atoms with E-state index in [1.807, 2.05) is 0 Å². The lowest BCUT2D eigenvalue weighted by Gasteiger charge is -2.12. The summed E-state index contributed by atoms with van der Waals surface area (Å²) in [5.74, 6) is -1.06. The van der Waals surface area contributed by atoms with Gasteiger partial charge < -0.3 is 4.98 Å². The van der Waals surface area contributed by atoms with Crippen molar-refractivity contribution < 1.29 is 31.5 Å². The number of hydrogen-bond donors (Lipinski definition) is 3. The Morgan fingerprint density at radius 1 is 1.04 bits per heavy atom. The molecule has 12 heteroatoms. The molecule has 0 aliphatic rings. The molecule has 0 saturated heterocycles. The average Bonchev–Trinajstić information content (AvgIpc) is 2.52. The van der Waals surface area contributed by atoms with Gasteiger partial charge in [-0.1, -0.05) is 0 Å². The third-order valence-electron chi connectivity index (χ3n) is 2.77. The molecule has 0 spiro atoms. The van der Waals surface area contributed by atoms with Crippen molar-refractivity contribution >= 4 is 16.7 Å². The van der Waals surface area contributed by atoms with Crippen LogP contribution < -0.4 is 16.6 Å². The van der Waals surface area contributed by atoms with Crippen LogP contribution in [0.2, 0.25) is 0 Å². The third-order valence-corrected chi connectivity index (χ3v) is 2.77. The zero-order valence-corrected chi connectivity index (χ0v) is 10.6. The van der Waals surface area contributed by atoms with Crippen molar-refractivity contribution in [2.75, 3.05) is 5.48 Å². The lowest BCUT2D eigenvalue weighted by atomic mass is 10.0. The van der Waals surface area contributed by atoms with Crippen LogP contribution in [0.1, 0.15) is 11.1 Å². The van der Waals surface area contributed by atoms with E-state index in [0.29, 0.717) is 0 Å². The molecule has 1 aromatic carbocycles. The first-order valence-corrected chi connectivity index (χ1v) is 5.62. The van der Waals surface area contributed by atoms with Gasteiger partial charge in [-0.15, -0.1) is 0 Å². The second kappa shape index (κ2) is 5.22. The van der Waals surface area contributed by atoms with Crippen molar-refractivity contribution in [1.29, 1.82) is 0 Å². The van der Waals surface area contributed by atoms with Gasteiger partial charge in [-0.25, -0.2) is 5.48 Å². The van der Waals surface area contributed by atoms with Crippen LogP contribution in [0.25, 0.3) is 10.9 Å². The number of benzene rings is 1. The summed E-state index contributed by atoms with van der Waals surface area (Å²) < 4.78 is 77.1. The number of aromatic amines is 1. The summed E-state index contributed by atoms with van der Waals surface area (Å²) in [5.41, 5.74) is -6.48. The highest BCUT2D eigenvalue weighted by molar-refractivity contribution is 5.82. The number of halogens is 6. The van der Waals surface area contributed by atoms with Gasteiger partial charge in [-0.3, -0.25) is 14.8 Å². The molecule has 3 N–H and O–H groups in total. The van der Waals surface area contributed by atoms with Crippen molar-refractivity contribution in [2.45, 2.75) is 12.4 Å². The van der Waals surface area contributed by atoms with Gasteiger partial charge in [0.15, 0.2) is 0 Å². The minimum atomic E-state index is -5.31. The molecule has 124 valence electrons. The van der Waals surface area contributed by atoms with Gasteiger partial charge in [-0.05, 0) is 12.1 Å². The molecule has 0 atom stereocenters. The summed E-state index contributed by atoms with van der Waals surface area (Å²) in [6.07, 6.45) is -10.5. The maximum absolute atomic E-state index is 13.0. The molecule has 2 rings (SSSR count). The highest BCUT2D eigenvalue weighted by Crippen LogP contribution is 2.38. The fourth-order valence-corrected chi connectivity index (χ4v) is 1.82. The Morgan fingerprint density at radius 2 is 1.65 bits per heavy atom. The Balaban J connectivity index is 3.11. The highest BCUT2D eigenvalue weighted by Gasteiger charge is 2.39. The Bertz CT molecular complexity index is 887. The Labute approximate surface area is 121 Å². The summed E-state index contributed by atoms with van der Waals surface area (Å²) in [7, 11) is 0. The summed E-state index contributed by atoms with van der Waals surface area (Å²) in [5, 5.41) is 7.34. The number of fused-ring (bicyclic) bond motifs is 1. The highest BCUT2D eigenvalue weighted by atomic mass is 19.4. The van der Waals surface area contributed by atoms with Crippen molar-refractivity contribution in [3.8, 4) is 0 Å². The monoisotopic (exact) mass is 341 g/mol. The molecule has 0 aliphatic heterocycles. The number of anilines is 1. The maximum Gasteiger partial charge on any atom is 0.417 e. The molecule has 1 heterocycles. The number of H-pyrrole nitrogens is 1. The van der Waals surface area contributed by atoms with Crippen LogP contribution in [0.5, 0.6) is 0 Å². The van der Waals surface area contributed by atoms with Gasteiger partial charge in [0.05, 0.1) is 22.0 Å². The van der Waals surface area contributed by atoms with Gasteiger partial charge in [0.1, 0.15) is 0 Å². The lowest BCUT2D eigenvalue weighted by molar-refractivity contribution is -0.142.